The second-order valence-electron chi connectivity index (χ2n) is 6.71. The molecule has 0 saturated carbocycles. The molecule has 5 nitrogen and oxygen atoms in total. The van der Waals surface area contributed by atoms with Crippen molar-refractivity contribution < 1.29 is 0 Å². The number of aryl methyl sites for hydroxylation is 1. The fourth-order valence-electron chi connectivity index (χ4n) is 3.80. The number of nitrogens with one attached hydrogen (secondary N) is 1. The van der Waals surface area contributed by atoms with Crippen molar-refractivity contribution in [3.05, 3.63) is 35.9 Å². The lowest BCUT2D eigenvalue weighted by Crippen LogP contribution is -2.40. The van der Waals surface area contributed by atoms with Gasteiger partial charge in [-0.05, 0) is 38.3 Å². The van der Waals surface area contributed by atoms with Crippen LogP contribution in [0.3, 0.4) is 0 Å². The van der Waals surface area contributed by atoms with E-state index in [1.165, 1.54) is 18.4 Å². The lowest BCUT2D eigenvalue weighted by molar-refractivity contribution is 0.340. The van der Waals surface area contributed by atoms with Crippen molar-refractivity contribution >= 4 is 49.0 Å². The third kappa shape index (κ3) is 4.71. The van der Waals surface area contributed by atoms with Gasteiger partial charge in [-0.25, -0.2) is 4.98 Å². The van der Waals surface area contributed by atoms with Gasteiger partial charge in [0.15, 0.2) is 0 Å². The van der Waals surface area contributed by atoms with E-state index in [1.807, 2.05) is 0 Å². The summed E-state index contributed by atoms with van der Waals surface area (Å²) in [7, 11) is 0. The van der Waals surface area contributed by atoms with Crippen LogP contribution in [0.15, 0.2) is 30.3 Å². The number of benzene rings is 1. The summed E-state index contributed by atoms with van der Waals surface area (Å²) >= 11 is 0. The maximum Gasteiger partial charge on any atom is 0.222 e. The minimum atomic E-state index is 0. The smallest absolute Gasteiger partial charge is 0.222 e. The minimum Gasteiger partial charge on any atom is -0.368 e. The van der Waals surface area contributed by atoms with Gasteiger partial charge in [0.1, 0.15) is 5.82 Å². The quantitative estimate of drug-likeness (QED) is 0.781. The number of anilines is 2. The molecule has 0 bridgehead atoms. The average Bonchev–Trinajstić information content (AvgIpc) is 2.98. The van der Waals surface area contributed by atoms with Crippen LogP contribution in [-0.2, 0) is 0 Å². The van der Waals surface area contributed by atoms with Gasteiger partial charge in [-0.3, -0.25) is 0 Å². The number of aromatic nitrogens is 2. The standard InChI is InChI=1S/C18H23N5.3ClH/c1-12-4-2-5-13(8-12)15-9-17(22-18(19)21-15)23-10-14-6-3-7-20-16(14)11-23;;;/h2,4-5,8-9,14,16,20H,3,6-7,10-11H2,1H3,(H2,19,21,22);3*1H/t14-,16+;;;/m1.../s1. The Morgan fingerprint density at radius 2 is 1.92 bits per heavy atom. The first-order chi connectivity index (χ1) is 11.2. The van der Waals surface area contributed by atoms with Crippen LogP contribution in [0, 0.1) is 12.8 Å². The summed E-state index contributed by atoms with van der Waals surface area (Å²) < 4.78 is 0. The van der Waals surface area contributed by atoms with Crippen molar-refractivity contribution in [2.75, 3.05) is 30.3 Å². The molecule has 2 fully saturated rings. The van der Waals surface area contributed by atoms with Crippen molar-refractivity contribution in [3.63, 3.8) is 0 Å². The van der Waals surface area contributed by atoms with Gasteiger partial charge in [-0.1, -0.05) is 23.8 Å². The van der Waals surface area contributed by atoms with Crippen LogP contribution in [0.2, 0.25) is 0 Å². The zero-order valence-electron chi connectivity index (χ0n) is 14.7. The maximum absolute atomic E-state index is 5.98. The van der Waals surface area contributed by atoms with E-state index in [9.17, 15) is 0 Å². The summed E-state index contributed by atoms with van der Waals surface area (Å²) in [6.07, 6.45) is 2.58. The van der Waals surface area contributed by atoms with E-state index in [4.69, 9.17) is 5.73 Å². The minimum absolute atomic E-state index is 0. The number of rotatable bonds is 2. The molecule has 3 N–H and O–H groups in total. The SMILES string of the molecule is Cc1cccc(-c2cc(N3C[C@H]4CCCN[C@H]4C3)nc(N)n2)c1.Cl.Cl.Cl. The Morgan fingerprint density at radius 3 is 2.65 bits per heavy atom. The highest BCUT2D eigenvalue weighted by Gasteiger charge is 2.35. The van der Waals surface area contributed by atoms with Crippen LogP contribution < -0.4 is 16.0 Å². The molecule has 144 valence electrons. The van der Waals surface area contributed by atoms with E-state index in [1.54, 1.807) is 0 Å². The third-order valence-electron chi connectivity index (χ3n) is 4.97. The Morgan fingerprint density at radius 1 is 1.12 bits per heavy atom. The second kappa shape index (κ2) is 9.60. The lowest BCUT2D eigenvalue weighted by atomic mass is 9.94. The summed E-state index contributed by atoms with van der Waals surface area (Å²) in [5, 5.41) is 3.63. The van der Waals surface area contributed by atoms with E-state index in [0.717, 1.165) is 42.6 Å². The molecule has 0 unspecified atom stereocenters. The number of nitrogen functional groups attached to an aromatic ring is 1. The Bertz CT molecular complexity index is 714. The second-order valence-corrected chi connectivity index (χ2v) is 6.71. The molecule has 2 saturated heterocycles. The summed E-state index contributed by atoms with van der Waals surface area (Å²) in [6.45, 7) is 5.29. The topological polar surface area (TPSA) is 67.1 Å². The fraction of sp³-hybridized carbons (Fsp3) is 0.444. The molecule has 2 aliphatic rings. The molecule has 8 heteroatoms. The molecule has 2 aliphatic heterocycles. The Labute approximate surface area is 173 Å². The number of nitrogens with two attached hydrogens (primary N) is 1. The van der Waals surface area contributed by atoms with E-state index >= 15 is 0 Å². The first-order valence-corrected chi connectivity index (χ1v) is 8.39. The number of halogens is 3. The fourth-order valence-corrected chi connectivity index (χ4v) is 3.80. The summed E-state index contributed by atoms with van der Waals surface area (Å²) in [5.74, 6) is 2.02. The van der Waals surface area contributed by atoms with E-state index in [-0.39, 0.29) is 37.2 Å². The highest BCUT2D eigenvalue weighted by Crippen LogP contribution is 2.30. The number of fused-ring (bicyclic) bond motifs is 1. The number of hydrogen-bond donors (Lipinski definition) is 2. The molecule has 26 heavy (non-hydrogen) atoms. The maximum atomic E-state index is 5.98. The zero-order valence-corrected chi connectivity index (χ0v) is 17.2. The van der Waals surface area contributed by atoms with Gasteiger partial charge in [0.25, 0.3) is 0 Å². The van der Waals surface area contributed by atoms with Gasteiger partial charge in [-0.15, -0.1) is 37.2 Å². The van der Waals surface area contributed by atoms with Gasteiger partial charge in [0.2, 0.25) is 5.95 Å². The average molecular weight is 419 g/mol. The summed E-state index contributed by atoms with van der Waals surface area (Å²) in [5.41, 5.74) is 9.20. The molecule has 1 aromatic heterocycles. The van der Waals surface area contributed by atoms with Crippen LogP contribution in [0.1, 0.15) is 18.4 Å². The predicted octanol–water partition coefficient (Wildman–Crippen LogP) is 3.49. The van der Waals surface area contributed by atoms with Crippen molar-refractivity contribution in [2.24, 2.45) is 5.92 Å². The van der Waals surface area contributed by atoms with E-state index in [2.05, 4.69) is 57.4 Å². The summed E-state index contributed by atoms with van der Waals surface area (Å²) in [4.78, 5) is 11.3. The number of piperidine rings is 1. The van der Waals surface area contributed by atoms with E-state index < -0.39 is 0 Å². The molecule has 1 aromatic carbocycles. The van der Waals surface area contributed by atoms with Gasteiger partial charge in [0, 0.05) is 30.8 Å². The van der Waals surface area contributed by atoms with Gasteiger partial charge in [-0.2, -0.15) is 4.98 Å². The first kappa shape index (κ1) is 22.8. The molecule has 2 aromatic rings. The molecular formula is C18H26Cl3N5. The van der Waals surface area contributed by atoms with Crippen LogP contribution in [0.5, 0.6) is 0 Å². The predicted molar refractivity (Wildman–Crippen MR) is 115 cm³/mol. The molecule has 4 rings (SSSR count). The number of nitrogens with zero attached hydrogens (tertiary/aromatic N) is 3. The van der Waals surface area contributed by atoms with Crippen LogP contribution in [0.4, 0.5) is 11.8 Å². The molecule has 2 atom stereocenters. The van der Waals surface area contributed by atoms with Gasteiger partial charge >= 0.3 is 0 Å². The zero-order chi connectivity index (χ0) is 15.8. The lowest BCUT2D eigenvalue weighted by Gasteiger charge is -2.24. The highest BCUT2D eigenvalue weighted by atomic mass is 35.5. The van der Waals surface area contributed by atoms with Crippen LogP contribution in [0.25, 0.3) is 11.3 Å². The largest absolute Gasteiger partial charge is 0.368 e. The molecule has 0 radical (unpaired) electrons. The van der Waals surface area contributed by atoms with Gasteiger partial charge in [0.05, 0.1) is 5.69 Å². The van der Waals surface area contributed by atoms with Crippen molar-refractivity contribution in [1.29, 1.82) is 0 Å². The number of hydrogen-bond acceptors (Lipinski definition) is 5. The first-order valence-electron chi connectivity index (χ1n) is 8.39. The van der Waals surface area contributed by atoms with Crippen molar-refractivity contribution in [3.8, 4) is 11.3 Å². The van der Waals surface area contributed by atoms with Crippen molar-refractivity contribution in [2.45, 2.75) is 25.8 Å². The Hall–Kier alpha value is -1.27. The molecule has 3 heterocycles. The molecule has 0 spiro atoms. The normalized spacial score (nSPS) is 21.0. The molecule has 0 amide bonds. The Kier molecular flexibility index (Phi) is 8.41. The summed E-state index contributed by atoms with van der Waals surface area (Å²) in [6, 6.07) is 11.0. The Balaban J connectivity index is 0.00000113. The van der Waals surface area contributed by atoms with Crippen LogP contribution >= 0.6 is 37.2 Å². The molecular weight excluding hydrogens is 393 g/mol. The van der Waals surface area contributed by atoms with Crippen molar-refractivity contribution in [1.82, 2.24) is 15.3 Å². The highest BCUT2D eigenvalue weighted by molar-refractivity contribution is 5.86. The molecule has 0 aliphatic carbocycles. The monoisotopic (exact) mass is 417 g/mol. The van der Waals surface area contributed by atoms with Crippen LogP contribution in [-0.4, -0.2) is 35.6 Å². The third-order valence-corrected chi connectivity index (χ3v) is 4.97. The van der Waals surface area contributed by atoms with Gasteiger partial charge < -0.3 is 16.0 Å². The van der Waals surface area contributed by atoms with E-state index in [0.29, 0.717) is 12.0 Å².